The molecule has 0 saturated heterocycles. The number of rotatable bonds is 6. The average molecular weight is 210 g/mol. The van der Waals surface area contributed by atoms with E-state index in [0.29, 0.717) is 31.6 Å². The summed E-state index contributed by atoms with van der Waals surface area (Å²) in [5.74, 6) is 0.613. The lowest BCUT2D eigenvalue weighted by molar-refractivity contribution is -0.118. The summed E-state index contributed by atoms with van der Waals surface area (Å²) in [6.07, 6.45) is 1.85. The third-order valence-corrected chi connectivity index (χ3v) is 2.08. The van der Waals surface area contributed by atoms with Crippen molar-refractivity contribution in [3.8, 4) is 5.75 Å². The van der Waals surface area contributed by atoms with Crippen molar-refractivity contribution in [2.24, 2.45) is 0 Å². The summed E-state index contributed by atoms with van der Waals surface area (Å²) in [6.45, 7) is 2.35. The molecule has 0 aliphatic heterocycles. The second-order valence-electron chi connectivity index (χ2n) is 3.30. The Labute approximate surface area is 89.1 Å². The van der Waals surface area contributed by atoms with Crippen molar-refractivity contribution in [3.63, 3.8) is 0 Å². The molecule has 0 amide bonds. The van der Waals surface area contributed by atoms with E-state index >= 15 is 0 Å². The highest BCUT2D eigenvalue weighted by Crippen LogP contribution is 2.11. The lowest BCUT2D eigenvalue weighted by Gasteiger charge is -2.04. The number of ketones is 1. The van der Waals surface area contributed by atoms with Crippen molar-refractivity contribution in [2.45, 2.75) is 26.2 Å². The van der Waals surface area contributed by atoms with Crippen LogP contribution in [0.3, 0.4) is 0 Å². The van der Waals surface area contributed by atoms with Gasteiger partial charge in [-0.05, 0) is 30.7 Å². The van der Waals surface area contributed by atoms with E-state index in [1.165, 1.54) is 12.1 Å². The van der Waals surface area contributed by atoms with Crippen LogP contribution in [0.25, 0.3) is 0 Å². The Kier molecular flexibility index (Phi) is 4.81. The minimum atomic E-state index is -0.275. The number of carbonyl (C=O) groups excluding carboxylic acids is 1. The van der Waals surface area contributed by atoms with Crippen LogP contribution in [-0.4, -0.2) is 12.4 Å². The fourth-order valence-corrected chi connectivity index (χ4v) is 1.17. The summed E-state index contributed by atoms with van der Waals surface area (Å²) in [4.78, 5) is 11.0. The maximum Gasteiger partial charge on any atom is 0.132 e. The molecule has 1 rings (SSSR count). The molecule has 1 aromatic rings. The molecule has 0 atom stereocenters. The molecule has 2 nitrogen and oxygen atoms in total. The van der Waals surface area contributed by atoms with Crippen molar-refractivity contribution in [2.75, 3.05) is 6.61 Å². The van der Waals surface area contributed by atoms with Gasteiger partial charge in [-0.2, -0.15) is 0 Å². The molecule has 0 radical (unpaired) electrons. The summed E-state index contributed by atoms with van der Waals surface area (Å²) in [6, 6.07) is 5.87. The Morgan fingerprint density at radius 3 is 2.60 bits per heavy atom. The molecule has 0 saturated carbocycles. The first-order valence-electron chi connectivity index (χ1n) is 5.12. The summed E-state index contributed by atoms with van der Waals surface area (Å²) in [5, 5.41) is 0. The van der Waals surface area contributed by atoms with Crippen LogP contribution in [0, 0.1) is 5.82 Å². The molecule has 15 heavy (non-hydrogen) atoms. The van der Waals surface area contributed by atoms with E-state index < -0.39 is 0 Å². The molecule has 0 N–H and O–H groups in total. The molecule has 0 bridgehead atoms. The number of hydrogen-bond donors (Lipinski definition) is 0. The van der Waals surface area contributed by atoms with Gasteiger partial charge in [0.1, 0.15) is 17.3 Å². The Morgan fingerprint density at radius 2 is 2.00 bits per heavy atom. The van der Waals surface area contributed by atoms with E-state index in [2.05, 4.69) is 0 Å². The van der Waals surface area contributed by atoms with Crippen molar-refractivity contribution in [1.29, 1.82) is 0 Å². The standard InChI is InChI=1S/C12H15FO2/c1-2-11(14)4-3-9-15-12-7-5-10(13)6-8-12/h5-8H,2-4,9H2,1H3. The second kappa shape index (κ2) is 6.17. The quantitative estimate of drug-likeness (QED) is 0.675. The van der Waals surface area contributed by atoms with Gasteiger partial charge in [-0.15, -0.1) is 0 Å². The van der Waals surface area contributed by atoms with Crippen molar-refractivity contribution >= 4 is 5.78 Å². The molecule has 0 aromatic heterocycles. The third-order valence-electron chi connectivity index (χ3n) is 2.08. The van der Waals surface area contributed by atoms with E-state index in [9.17, 15) is 9.18 Å². The third kappa shape index (κ3) is 4.58. The smallest absolute Gasteiger partial charge is 0.132 e. The summed E-state index contributed by atoms with van der Waals surface area (Å²) in [5.41, 5.74) is 0. The molecule has 0 heterocycles. The van der Waals surface area contributed by atoms with E-state index in [4.69, 9.17) is 4.74 Å². The summed E-state index contributed by atoms with van der Waals surface area (Å²) >= 11 is 0. The Balaban J connectivity index is 2.20. The van der Waals surface area contributed by atoms with Crippen molar-refractivity contribution in [3.05, 3.63) is 30.1 Å². The molecular formula is C12H15FO2. The van der Waals surface area contributed by atoms with Gasteiger partial charge in [0, 0.05) is 12.8 Å². The number of halogens is 1. The predicted molar refractivity (Wildman–Crippen MR) is 56.4 cm³/mol. The van der Waals surface area contributed by atoms with Crippen LogP contribution in [0.2, 0.25) is 0 Å². The Morgan fingerprint density at radius 1 is 1.33 bits per heavy atom. The first kappa shape index (κ1) is 11.7. The molecule has 0 aliphatic carbocycles. The fraction of sp³-hybridized carbons (Fsp3) is 0.417. The van der Waals surface area contributed by atoms with Gasteiger partial charge in [0.05, 0.1) is 6.61 Å². The van der Waals surface area contributed by atoms with Crippen LogP contribution >= 0.6 is 0 Å². The highest BCUT2D eigenvalue weighted by molar-refractivity contribution is 5.77. The van der Waals surface area contributed by atoms with Gasteiger partial charge in [0.25, 0.3) is 0 Å². The van der Waals surface area contributed by atoms with Gasteiger partial charge in [0.2, 0.25) is 0 Å². The van der Waals surface area contributed by atoms with Gasteiger partial charge in [0.15, 0.2) is 0 Å². The number of carbonyl (C=O) groups is 1. The van der Waals surface area contributed by atoms with Crippen molar-refractivity contribution < 1.29 is 13.9 Å². The molecule has 0 spiro atoms. The molecular weight excluding hydrogens is 195 g/mol. The minimum Gasteiger partial charge on any atom is -0.494 e. The monoisotopic (exact) mass is 210 g/mol. The van der Waals surface area contributed by atoms with Crippen LogP contribution in [0.5, 0.6) is 5.75 Å². The van der Waals surface area contributed by atoms with Crippen LogP contribution in [0.1, 0.15) is 26.2 Å². The van der Waals surface area contributed by atoms with Crippen LogP contribution in [0.4, 0.5) is 4.39 Å². The molecule has 0 aliphatic rings. The largest absolute Gasteiger partial charge is 0.494 e. The van der Waals surface area contributed by atoms with Crippen LogP contribution in [-0.2, 0) is 4.79 Å². The lowest BCUT2D eigenvalue weighted by Crippen LogP contribution is -2.02. The summed E-state index contributed by atoms with van der Waals surface area (Å²) < 4.78 is 17.9. The Hall–Kier alpha value is -1.38. The molecule has 3 heteroatoms. The number of Topliss-reactive ketones (excluding diaryl/α,β-unsaturated/α-hetero) is 1. The van der Waals surface area contributed by atoms with Crippen molar-refractivity contribution in [1.82, 2.24) is 0 Å². The van der Waals surface area contributed by atoms with Crippen LogP contribution in [0.15, 0.2) is 24.3 Å². The van der Waals surface area contributed by atoms with E-state index in [1.807, 2.05) is 6.92 Å². The highest BCUT2D eigenvalue weighted by atomic mass is 19.1. The zero-order valence-corrected chi connectivity index (χ0v) is 8.83. The first-order valence-corrected chi connectivity index (χ1v) is 5.12. The maximum absolute atomic E-state index is 12.5. The zero-order chi connectivity index (χ0) is 11.1. The van der Waals surface area contributed by atoms with Gasteiger partial charge in [-0.1, -0.05) is 6.92 Å². The van der Waals surface area contributed by atoms with Crippen LogP contribution < -0.4 is 4.74 Å². The summed E-state index contributed by atoms with van der Waals surface area (Å²) in [7, 11) is 0. The topological polar surface area (TPSA) is 26.3 Å². The minimum absolute atomic E-state index is 0.248. The number of hydrogen-bond acceptors (Lipinski definition) is 2. The average Bonchev–Trinajstić information content (AvgIpc) is 2.26. The maximum atomic E-state index is 12.5. The molecule has 1 aromatic carbocycles. The lowest BCUT2D eigenvalue weighted by atomic mass is 10.2. The molecule has 0 unspecified atom stereocenters. The Bertz CT molecular complexity index is 306. The first-order chi connectivity index (χ1) is 7.22. The van der Waals surface area contributed by atoms with Gasteiger partial charge in [-0.25, -0.2) is 4.39 Å². The van der Waals surface area contributed by atoms with Gasteiger partial charge < -0.3 is 4.74 Å². The van der Waals surface area contributed by atoms with E-state index in [1.54, 1.807) is 12.1 Å². The number of ether oxygens (including phenoxy) is 1. The normalized spacial score (nSPS) is 10.0. The predicted octanol–water partition coefficient (Wildman–Crippen LogP) is 2.96. The highest BCUT2D eigenvalue weighted by Gasteiger charge is 1.98. The van der Waals surface area contributed by atoms with Gasteiger partial charge in [-0.3, -0.25) is 4.79 Å². The fourth-order valence-electron chi connectivity index (χ4n) is 1.17. The van der Waals surface area contributed by atoms with E-state index in [0.717, 1.165) is 0 Å². The van der Waals surface area contributed by atoms with E-state index in [-0.39, 0.29) is 11.6 Å². The molecule has 0 fully saturated rings. The second-order valence-corrected chi connectivity index (χ2v) is 3.30. The number of benzene rings is 1. The zero-order valence-electron chi connectivity index (χ0n) is 8.83. The van der Waals surface area contributed by atoms with Gasteiger partial charge >= 0.3 is 0 Å². The molecule has 82 valence electrons. The SMILES string of the molecule is CCC(=O)CCCOc1ccc(F)cc1.